The van der Waals surface area contributed by atoms with Crippen molar-refractivity contribution in [3.63, 3.8) is 0 Å². The molecule has 0 radical (unpaired) electrons. The summed E-state index contributed by atoms with van der Waals surface area (Å²) in [6.07, 6.45) is 4.28. The minimum absolute atomic E-state index is 0.0730. The normalized spacial score (nSPS) is 18.2. The number of hydrogen-bond acceptors (Lipinski definition) is 5. The second-order valence-electron chi connectivity index (χ2n) is 5.00. The van der Waals surface area contributed by atoms with Gasteiger partial charge in [0.1, 0.15) is 0 Å². The van der Waals surface area contributed by atoms with Crippen molar-refractivity contribution in [2.45, 2.75) is 38.5 Å². The Morgan fingerprint density at radius 3 is 2.90 bits per heavy atom. The van der Waals surface area contributed by atoms with E-state index in [1.165, 1.54) is 12.8 Å². The molecule has 3 N–H and O–H groups in total. The Labute approximate surface area is 128 Å². The van der Waals surface area contributed by atoms with Crippen LogP contribution in [0.1, 0.15) is 31.5 Å². The Kier molecular flexibility index (Phi) is 5.98. The number of methoxy groups -OCH3 is 1. The van der Waals surface area contributed by atoms with Crippen molar-refractivity contribution in [2.75, 3.05) is 20.3 Å². The van der Waals surface area contributed by atoms with E-state index >= 15 is 0 Å². The lowest BCUT2D eigenvalue weighted by Gasteiger charge is -2.27. The Hall–Kier alpha value is -0.470. The maximum atomic E-state index is 5.92. The van der Waals surface area contributed by atoms with Crippen LogP contribution < -0.4 is 11.3 Å². The fraction of sp³-hybridized carbons (Fsp3) is 0.769. The van der Waals surface area contributed by atoms with Crippen LogP contribution in [-0.2, 0) is 16.0 Å². The summed E-state index contributed by atoms with van der Waals surface area (Å²) in [5.74, 6) is 6.38. The van der Waals surface area contributed by atoms with Gasteiger partial charge < -0.3 is 9.47 Å². The molecule has 20 heavy (non-hydrogen) atoms. The standard InChI is InChI=1S/C13H23BrN4O2/c1-3-20-13(9-4-5-9)11(17-15)12-10(14)8-16-18(12)6-7-19-2/h8-9,11,13,17H,3-7,15H2,1-2H3. The molecule has 6 nitrogen and oxygen atoms in total. The molecule has 0 aromatic carbocycles. The summed E-state index contributed by atoms with van der Waals surface area (Å²) in [6.45, 7) is 4.00. The first-order valence-corrected chi connectivity index (χ1v) is 7.80. The number of nitrogens with two attached hydrogens (primary N) is 1. The maximum absolute atomic E-state index is 5.92. The monoisotopic (exact) mass is 346 g/mol. The Morgan fingerprint density at radius 2 is 2.35 bits per heavy atom. The van der Waals surface area contributed by atoms with Gasteiger partial charge in [-0.25, -0.2) is 5.43 Å². The molecule has 0 spiro atoms. The number of ether oxygens (including phenoxy) is 2. The van der Waals surface area contributed by atoms with Crippen LogP contribution in [0.5, 0.6) is 0 Å². The number of hydrazine groups is 1. The SMILES string of the molecule is CCOC(C1CC1)C(NN)c1c(Br)cnn1CCOC. The van der Waals surface area contributed by atoms with Crippen molar-refractivity contribution in [3.8, 4) is 0 Å². The lowest BCUT2D eigenvalue weighted by Crippen LogP contribution is -2.41. The largest absolute Gasteiger partial charge is 0.383 e. The molecule has 1 aromatic heterocycles. The lowest BCUT2D eigenvalue weighted by molar-refractivity contribution is 0.0158. The van der Waals surface area contributed by atoms with E-state index in [9.17, 15) is 0 Å². The summed E-state index contributed by atoms with van der Waals surface area (Å²) in [5.41, 5.74) is 3.93. The highest BCUT2D eigenvalue weighted by Crippen LogP contribution is 2.41. The van der Waals surface area contributed by atoms with Crippen LogP contribution in [0.3, 0.4) is 0 Å². The first kappa shape index (κ1) is 15.9. The molecule has 7 heteroatoms. The van der Waals surface area contributed by atoms with E-state index in [0.717, 1.165) is 10.2 Å². The summed E-state index contributed by atoms with van der Waals surface area (Å²) in [6, 6.07) is -0.0730. The molecule has 0 bridgehead atoms. The molecule has 1 heterocycles. The van der Waals surface area contributed by atoms with Crippen LogP contribution in [-0.4, -0.2) is 36.2 Å². The zero-order valence-electron chi connectivity index (χ0n) is 12.0. The number of rotatable bonds is 9. The minimum atomic E-state index is -0.0730. The number of halogens is 1. The Bertz CT molecular complexity index is 423. The van der Waals surface area contributed by atoms with Crippen molar-refractivity contribution in [1.82, 2.24) is 15.2 Å². The highest BCUT2D eigenvalue weighted by atomic mass is 79.9. The number of aromatic nitrogens is 2. The predicted molar refractivity (Wildman–Crippen MR) is 80.0 cm³/mol. The maximum Gasteiger partial charge on any atom is 0.0904 e. The third-order valence-electron chi connectivity index (χ3n) is 3.59. The van der Waals surface area contributed by atoms with Gasteiger partial charge in [-0.1, -0.05) is 0 Å². The van der Waals surface area contributed by atoms with Gasteiger partial charge >= 0.3 is 0 Å². The van der Waals surface area contributed by atoms with Gasteiger partial charge in [-0.15, -0.1) is 0 Å². The molecular weight excluding hydrogens is 324 g/mol. The second kappa shape index (κ2) is 7.51. The molecule has 0 aliphatic heterocycles. The third kappa shape index (κ3) is 3.59. The molecule has 1 fully saturated rings. The molecule has 2 rings (SSSR count). The first-order chi connectivity index (χ1) is 9.72. The molecule has 1 aliphatic carbocycles. The highest BCUT2D eigenvalue weighted by Gasteiger charge is 2.39. The average molecular weight is 347 g/mol. The Morgan fingerprint density at radius 1 is 1.60 bits per heavy atom. The van der Waals surface area contributed by atoms with Crippen LogP contribution in [0.25, 0.3) is 0 Å². The summed E-state index contributed by atoms with van der Waals surface area (Å²) in [5, 5.41) is 4.38. The van der Waals surface area contributed by atoms with Gasteiger partial charge in [-0.3, -0.25) is 10.5 Å². The zero-order valence-corrected chi connectivity index (χ0v) is 13.6. The van der Waals surface area contributed by atoms with Gasteiger partial charge in [-0.05, 0) is 41.6 Å². The van der Waals surface area contributed by atoms with Gasteiger partial charge in [0.25, 0.3) is 0 Å². The highest BCUT2D eigenvalue weighted by molar-refractivity contribution is 9.10. The van der Waals surface area contributed by atoms with Crippen LogP contribution >= 0.6 is 15.9 Å². The second-order valence-corrected chi connectivity index (χ2v) is 5.85. The molecule has 2 atom stereocenters. The zero-order chi connectivity index (χ0) is 14.5. The van der Waals surface area contributed by atoms with E-state index in [0.29, 0.717) is 25.7 Å². The van der Waals surface area contributed by atoms with Crippen molar-refractivity contribution < 1.29 is 9.47 Å². The van der Waals surface area contributed by atoms with Crippen LogP contribution in [0.2, 0.25) is 0 Å². The van der Waals surface area contributed by atoms with E-state index in [-0.39, 0.29) is 12.1 Å². The van der Waals surface area contributed by atoms with E-state index < -0.39 is 0 Å². The van der Waals surface area contributed by atoms with Crippen molar-refractivity contribution in [2.24, 2.45) is 11.8 Å². The number of nitrogens with one attached hydrogen (secondary N) is 1. The summed E-state index contributed by atoms with van der Waals surface area (Å²) in [7, 11) is 1.68. The van der Waals surface area contributed by atoms with E-state index in [4.69, 9.17) is 15.3 Å². The molecule has 1 aromatic rings. The van der Waals surface area contributed by atoms with Crippen molar-refractivity contribution in [3.05, 3.63) is 16.4 Å². The van der Waals surface area contributed by atoms with E-state index in [2.05, 4.69) is 26.5 Å². The van der Waals surface area contributed by atoms with Crippen LogP contribution in [0.15, 0.2) is 10.7 Å². The molecule has 1 saturated carbocycles. The average Bonchev–Trinajstić information content (AvgIpc) is 3.23. The molecule has 2 unspecified atom stereocenters. The number of nitrogens with zero attached hydrogens (tertiary/aromatic N) is 2. The molecule has 1 aliphatic rings. The lowest BCUT2D eigenvalue weighted by atomic mass is 10.0. The fourth-order valence-corrected chi connectivity index (χ4v) is 3.03. The van der Waals surface area contributed by atoms with E-state index in [1.807, 2.05) is 11.6 Å². The summed E-state index contributed by atoms with van der Waals surface area (Å²) >= 11 is 3.56. The molecule has 0 saturated heterocycles. The molecule has 0 amide bonds. The molecule has 114 valence electrons. The van der Waals surface area contributed by atoms with Gasteiger partial charge in [0.2, 0.25) is 0 Å². The van der Waals surface area contributed by atoms with Crippen molar-refractivity contribution >= 4 is 15.9 Å². The number of hydrogen-bond donors (Lipinski definition) is 2. The smallest absolute Gasteiger partial charge is 0.0904 e. The minimum Gasteiger partial charge on any atom is -0.383 e. The van der Waals surface area contributed by atoms with Gasteiger partial charge in [-0.2, -0.15) is 5.10 Å². The van der Waals surface area contributed by atoms with E-state index in [1.54, 1.807) is 13.3 Å². The fourth-order valence-electron chi connectivity index (χ4n) is 2.49. The predicted octanol–water partition coefficient (Wildman–Crippen LogP) is 1.61. The topological polar surface area (TPSA) is 74.3 Å². The van der Waals surface area contributed by atoms with Crippen LogP contribution in [0.4, 0.5) is 0 Å². The third-order valence-corrected chi connectivity index (χ3v) is 4.20. The molecular formula is C13H23BrN4O2. The van der Waals surface area contributed by atoms with Gasteiger partial charge in [0.05, 0.1) is 41.7 Å². The van der Waals surface area contributed by atoms with Gasteiger partial charge in [0.15, 0.2) is 0 Å². The van der Waals surface area contributed by atoms with Crippen molar-refractivity contribution in [1.29, 1.82) is 0 Å². The summed E-state index contributed by atoms with van der Waals surface area (Å²) < 4.78 is 13.9. The van der Waals surface area contributed by atoms with Crippen LogP contribution in [0, 0.1) is 5.92 Å². The first-order valence-electron chi connectivity index (χ1n) is 7.00. The van der Waals surface area contributed by atoms with Gasteiger partial charge in [0, 0.05) is 13.7 Å². The Balaban J connectivity index is 2.22. The summed E-state index contributed by atoms with van der Waals surface area (Å²) in [4.78, 5) is 0. The quantitative estimate of drug-likeness (QED) is 0.524.